The number of halogens is 2. The predicted molar refractivity (Wildman–Crippen MR) is 150 cm³/mol. The Morgan fingerprint density at radius 3 is 2.23 bits per heavy atom. The molecule has 0 aliphatic carbocycles. The first-order chi connectivity index (χ1) is 19.8. The van der Waals surface area contributed by atoms with E-state index < -0.39 is 84.2 Å². The van der Waals surface area contributed by atoms with Crippen LogP contribution in [-0.2, 0) is 40.6 Å². The van der Waals surface area contributed by atoms with E-state index in [0.717, 1.165) is 0 Å². The average Bonchev–Trinajstić information content (AvgIpc) is 2.87. The highest BCUT2D eigenvalue weighted by Gasteiger charge is 2.46. The van der Waals surface area contributed by atoms with Gasteiger partial charge in [-0.15, -0.1) is 0 Å². The molecule has 1 fully saturated rings. The third-order valence-electron chi connectivity index (χ3n) is 6.06. The molecule has 236 valence electrons. The Morgan fingerprint density at radius 2 is 1.70 bits per heavy atom. The molecular weight excluding hydrogens is 612 g/mol. The number of ether oxygens (including phenoxy) is 2. The van der Waals surface area contributed by atoms with Crippen LogP contribution in [0.5, 0.6) is 5.75 Å². The normalized spacial score (nSPS) is 17.4. The summed E-state index contributed by atoms with van der Waals surface area (Å²) in [5.41, 5.74) is -0.886. The zero-order chi connectivity index (χ0) is 32.3. The molecule has 1 saturated heterocycles. The van der Waals surface area contributed by atoms with Gasteiger partial charge in [0.25, 0.3) is 15.9 Å². The molecule has 16 heteroatoms. The van der Waals surface area contributed by atoms with E-state index in [2.05, 4.69) is 5.32 Å². The summed E-state index contributed by atoms with van der Waals surface area (Å²) in [4.78, 5) is 39.4. The number of rotatable bonds is 8. The molecule has 0 aromatic heterocycles. The Hall–Kier alpha value is -3.63. The van der Waals surface area contributed by atoms with Crippen molar-refractivity contribution in [3.8, 4) is 5.75 Å². The van der Waals surface area contributed by atoms with Crippen LogP contribution in [0.1, 0.15) is 26.3 Å². The van der Waals surface area contributed by atoms with Gasteiger partial charge in [0.15, 0.2) is 9.84 Å². The molecule has 1 aliphatic rings. The maximum Gasteiger partial charge on any atom is 0.414 e. The van der Waals surface area contributed by atoms with Gasteiger partial charge in [0, 0.05) is 33.1 Å². The summed E-state index contributed by atoms with van der Waals surface area (Å²) in [5.74, 6) is -6.12. The van der Waals surface area contributed by atoms with Crippen molar-refractivity contribution >= 4 is 37.8 Å². The van der Waals surface area contributed by atoms with Gasteiger partial charge in [0.2, 0.25) is 0 Å². The van der Waals surface area contributed by atoms with Gasteiger partial charge >= 0.3 is 12.1 Å². The monoisotopic (exact) mass is 645 g/mol. The van der Waals surface area contributed by atoms with Crippen LogP contribution in [0, 0.1) is 11.6 Å². The van der Waals surface area contributed by atoms with Gasteiger partial charge in [-0.05, 0) is 50.6 Å². The van der Waals surface area contributed by atoms with Gasteiger partial charge in [-0.1, -0.05) is 12.1 Å². The molecule has 2 atom stereocenters. The van der Waals surface area contributed by atoms with Crippen molar-refractivity contribution in [3.63, 3.8) is 0 Å². The average molecular weight is 646 g/mol. The summed E-state index contributed by atoms with van der Waals surface area (Å²) in [6.45, 7) is 4.34. The number of carbonyl (C=O) groups excluding carboxylic acids is 3. The highest BCUT2D eigenvalue weighted by atomic mass is 32.2. The van der Waals surface area contributed by atoms with Gasteiger partial charge in [0.1, 0.15) is 40.0 Å². The second-order valence-corrected chi connectivity index (χ2v) is 15.0. The minimum atomic E-state index is -5.26. The van der Waals surface area contributed by atoms with Gasteiger partial charge in [-0.2, -0.15) is 0 Å². The molecule has 0 spiro atoms. The summed E-state index contributed by atoms with van der Waals surface area (Å²) in [6, 6.07) is 3.58. The van der Waals surface area contributed by atoms with Gasteiger partial charge in [-0.3, -0.25) is 4.79 Å². The largest absolute Gasteiger partial charge is 0.458 e. The smallest absolute Gasteiger partial charge is 0.414 e. The third kappa shape index (κ3) is 8.70. The third-order valence-corrected chi connectivity index (χ3v) is 9.56. The topological polar surface area (TPSA) is 156 Å². The summed E-state index contributed by atoms with van der Waals surface area (Å²) in [5, 5.41) is 2.65. The summed E-state index contributed by atoms with van der Waals surface area (Å²) in [7, 11) is -6.08. The Balaban J connectivity index is 2.15. The van der Waals surface area contributed by atoms with Gasteiger partial charge in [-0.25, -0.2) is 39.5 Å². The Morgan fingerprint density at radius 1 is 1.07 bits per heavy atom. The van der Waals surface area contributed by atoms with E-state index in [4.69, 9.17) is 9.47 Å². The van der Waals surface area contributed by atoms with Crippen LogP contribution < -0.4 is 10.1 Å². The summed E-state index contributed by atoms with van der Waals surface area (Å²) < 4.78 is 91.9. The number of hydrogen-bond acceptors (Lipinski definition) is 10. The van der Waals surface area contributed by atoms with E-state index in [1.807, 2.05) is 0 Å². The lowest BCUT2D eigenvalue weighted by Crippen LogP contribution is -2.60. The number of sulfone groups is 1. The number of amides is 2. The predicted octanol–water partition coefficient (Wildman–Crippen LogP) is 1.88. The number of nitrogens with one attached hydrogen (secondary N) is 1. The number of sulfonamides is 1. The first-order valence-corrected chi connectivity index (χ1v) is 16.2. The van der Waals surface area contributed by atoms with Crippen LogP contribution in [0.2, 0.25) is 0 Å². The Kier molecular flexibility index (Phi) is 10.2. The van der Waals surface area contributed by atoms with E-state index >= 15 is 0 Å². The zero-order valence-corrected chi connectivity index (χ0v) is 25.8. The molecule has 1 N–H and O–H groups in total. The van der Waals surface area contributed by atoms with Crippen molar-refractivity contribution in [1.29, 1.82) is 0 Å². The fourth-order valence-electron chi connectivity index (χ4n) is 4.07. The Bertz CT molecular complexity index is 1590. The zero-order valence-electron chi connectivity index (χ0n) is 24.2. The number of hydrogen-bond donors (Lipinski definition) is 1. The van der Waals surface area contributed by atoms with Crippen LogP contribution in [0.4, 0.5) is 13.6 Å². The maximum atomic E-state index is 14.9. The minimum absolute atomic E-state index is 0.107. The molecule has 0 saturated carbocycles. The molecule has 3 rings (SSSR count). The number of nitrogens with zero attached hydrogens (tertiary/aromatic N) is 2. The van der Waals surface area contributed by atoms with Crippen molar-refractivity contribution in [3.05, 3.63) is 59.7 Å². The Labute approximate surface area is 248 Å². The number of carbonyl (C=O) groups is 3. The molecule has 1 unspecified atom stereocenters. The van der Waals surface area contributed by atoms with Crippen LogP contribution in [-0.4, -0.2) is 93.8 Å². The highest BCUT2D eigenvalue weighted by Crippen LogP contribution is 2.27. The molecule has 2 amide bonds. The summed E-state index contributed by atoms with van der Waals surface area (Å²) in [6.07, 6.45) is -1.16. The van der Waals surface area contributed by atoms with E-state index in [9.17, 15) is 40.0 Å². The van der Waals surface area contributed by atoms with Crippen molar-refractivity contribution in [2.45, 2.75) is 49.8 Å². The van der Waals surface area contributed by atoms with Crippen molar-refractivity contribution < 1.29 is 49.5 Å². The SMILES string of the molecule is CN(C)C(=O)Oc1ccc(C[C@@H](C(=O)OC(C)(C)C)N(C(=O)C2CS(=O)(=O)CCN2)S(=O)(=O)c2ccc(F)cc2F)cc1. The second-order valence-electron chi connectivity index (χ2n) is 11.0. The van der Waals surface area contributed by atoms with Crippen molar-refractivity contribution in [2.24, 2.45) is 0 Å². The lowest BCUT2D eigenvalue weighted by atomic mass is 10.0. The molecule has 0 bridgehead atoms. The first-order valence-electron chi connectivity index (χ1n) is 13.0. The van der Waals surface area contributed by atoms with Crippen LogP contribution in [0.25, 0.3) is 0 Å². The van der Waals surface area contributed by atoms with Gasteiger partial charge < -0.3 is 19.7 Å². The van der Waals surface area contributed by atoms with E-state index in [0.29, 0.717) is 18.2 Å². The lowest BCUT2D eigenvalue weighted by Gasteiger charge is -2.35. The molecule has 43 heavy (non-hydrogen) atoms. The molecule has 1 heterocycles. The molecule has 1 aliphatic heterocycles. The highest BCUT2D eigenvalue weighted by molar-refractivity contribution is 7.91. The molecule has 2 aromatic rings. The summed E-state index contributed by atoms with van der Waals surface area (Å²) >= 11 is 0. The molecule has 12 nitrogen and oxygen atoms in total. The quantitative estimate of drug-likeness (QED) is 0.421. The minimum Gasteiger partial charge on any atom is -0.458 e. The van der Waals surface area contributed by atoms with Gasteiger partial charge in [0.05, 0.1) is 11.5 Å². The number of benzene rings is 2. The standard InChI is InChI=1S/C27H33F2N3O9S2/c1-27(2,3)41-25(34)22(14-17-6-9-19(10-7-17)40-26(35)31(4)5)32(24(33)21-16-42(36,37)13-12-30-21)43(38,39)23-11-8-18(28)15-20(23)29/h6-11,15,21-22,30H,12-14,16H2,1-5H3/t21?,22-/m0/s1. The molecule has 0 radical (unpaired) electrons. The van der Waals surface area contributed by atoms with Crippen molar-refractivity contribution in [1.82, 2.24) is 14.5 Å². The van der Waals surface area contributed by atoms with Crippen molar-refractivity contribution in [2.75, 3.05) is 32.1 Å². The molecular formula is C27H33F2N3O9S2. The fraction of sp³-hybridized carbons (Fsp3) is 0.444. The first kappa shape index (κ1) is 33.9. The van der Waals surface area contributed by atoms with Crippen LogP contribution in [0.3, 0.4) is 0 Å². The van der Waals surface area contributed by atoms with Crippen LogP contribution >= 0.6 is 0 Å². The maximum absolute atomic E-state index is 14.9. The van der Waals surface area contributed by atoms with Crippen LogP contribution in [0.15, 0.2) is 47.4 Å². The molecule has 2 aromatic carbocycles. The van der Waals surface area contributed by atoms with E-state index in [-0.39, 0.29) is 27.9 Å². The fourth-order valence-corrected chi connectivity index (χ4v) is 7.05. The second kappa shape index (κ2) is 12.9. The van der Waals surface area contributed by atoms with E-state index in [1.54, 1.807) is 0 Å². The lowest BCUT2D eigenvalue weighted by molar-refractivity contribution is -0.162. The van der Waals surface area contributed by atoms with E-state index in [1.165, 1.54) is 64.0 Å². The number of esters is 1.